The number of rotatable bonds is 4. The van der Waals surface area contributed by atoms with Gasteiger partial charge in [-0.05, 0) is 19.4 Å². The summed E-state index contributed by atoms with van der Waals surface area (Å²) in [6.07, 6.45) is 0.764. The maximum absolute atomic E-state index is 11.9. The molecule has 0 aliphatic rings. The number of carbonyl (C=O) groups excluding carboxylic acids is 1. The van der Waals surface area contributed by atoms with Gasteiger partial charge in [-0.3, -0.25) is 9.59 Å². The van der Waals surface area contributed by atoms with Crippen LogP contribution >= 0.6 is 0 Å². The van der Waals surface area contributed by atoms with Gasteiger partial charge in [0.2, 0.25) is 0 Å². The first kappa shape index (κ1) is 13.0. The van der Waals surface area contributed by atoms with Crippen LogP contribution < -0.4 is 10.9 Å². The Morgan fingerprint density at radius 1 is 1.47 bits per heavy atom. The summed E-state index contributed by atoms with van der Waals surface area (Å²) in [6.45, 7) is 4.13. The lowest BCUT2D eigenvalue weighted by Gasteiger charge is -2.04. The Bertz CT molecular complexity index is 644. The summed E-state index contributed by atoms with van der Waals surface area (Å²) in [4.78, 5) is 23.4. The zero-order valence-corrected chi connectivity index (χ0v) is 10.7. The lowest BCUT2D eigenvalue weighted by Crippen LogP contribution is -2.26. The Morgan fingerprint density at radius 3 is 2.89 bits per heavy atom. The average Bonchev–Trinajstić information content (AvgIpc) is 2.77. The van der Waals surface area contributed by atoms with Crippen molar-refractivity contribution in [2.45, 2.75) is 26.8 Å². The van der Waals surface area contributed by atoms with Gasteiger partial charge in [-0.2, -0.15) is 5.10 Å². The second kappa shape index (κ2) is 5.47. The highest BCUT2D eigenvalue weighted by Gasteiger charge is 2.11. The first-order valence-electron chi connectivity index (χ1n) is 5.93. The first-order valence-corrected chi connectivity index (χ1v) is 5.93. The third-order valence-corrected chi connectivity index (χ3v) is 2.40. The Balaban J connectivity index is 2.19. The number of anilines is 1. The van der Waals surface area contributed by atoms with Crippen LogP contribution in [0.3, 0.4) is 0 Å². The second-order valence-electron chi connectivity index (χ2n) is 4.06. The number of hydrogen-bond donors (Lipinski definition) is 1. The third-order valence-electron chi connectivity index (χ3n) is 2.40. The van der Waals surface area contributed by atoms with Gasteiger partial charge in [-0.15, -0.1) is 0 Å². The molecule has 7 nitrogen and oxygen atoms in total. The molecule has 0 saturated carbocycles. The van der Waals surface area contributed by atoms with Crippen LogP contribution in [-0.2, 0) is 6.54 Å². The highest BCUT2D eigenvalue weighted by molar-refractivity contribution is 6.02. The van der Waals surface area contributed by atoms with Gasteiger partial charge in [0.05, 0.1) is 0 Å². The van der Waals surface area contributed by atoms with E-state index in [9.17, 15) is 9.59 Å². The summed E-state index contributed by atoms with van der Waals surface area (Å²) in [5.41, 5.74) is -0.0654. The molecule has 7 heteroatoms. The Labute approximate surface area is 109 Å². The molecule has 0 fully saturated rings. The molecule has 2 aromatic rings. The van der Waals surface area contributed by atoms with E-state index < -0.39 is 5.91 Å². The van der Waals surface area contributed by atoms with Gasteiger partial charge in [0.1, 0.15) is 11.5 Å². The molecule has 0 aliphatic carbocycles. The molecule has 1 amide bonds. The SMILES string of the molecule is CCCn1nc(C(=O)Nc2cc(C)on2)ccc1=O. The molecule has 0 saturated heterocycles. The molecule has 0 unspecified atom stereocenters. The van der Waals surface area contributed by atoms with Crippen molar-refractivity contribution in [1.29, 1.82) is 0 Å². The van der Waals surface area contributed by atoms with E-state index in [-0.39, 0.29) is 11.3 Å². The minimum atomic E-state index is -0.432. The molecule has 19 heavy (non-hydrogen) atoms. The monoisotopic (exact) mass is 262 g/mol. The van der Waals surface area contributed by atoms with E-state index in [1.807, 2.05) is 6.92 Å². The number of hydrogen-bond acceptors (Lipinski definition) is 5. The van der Waals surface area contributed by atoms with E-state index in [4.69, 9.17) is 4.52 Å². The zero-order chi connectivity index (χ0) is 13.8. The number of nitrogens with one attached hydrogen (secondary N) is 1. The molecule has 2 aromatic heterocycles. The van der Waals surface area contributed by atoms with Gasteiger partial charge in [0.15, 0.2) is 5.82 Å². The molecule has 1 N–H and O–H groups in total. The fraction of sp³-hybridized carbons (Fsp3) is 0.333. The number of aryl methyl sites for hydroxylation is 2. The predicted molar refractivity (Wildman–Crippen MR) is 68.0 cm³/mol. The number of nitrogens with zero attached hydrogens (tertiary/aromatic N) is 3. The number of aromatic nitrogens is 3. The van der Waals surface area contributed by atoms with Crippen molar-refractivity contribution in [1.82, 2.24) is 14.9 Å². The van der Waals surface area contributed by atoms with Crippen molar-refractivity contribution in [3.05, 3.63) is 40.0 Å². The predicted octanol–water partition coefficient (Wildman–Crippen LogP) is 1.20. The fourth-order valence-corrected chi connectivity index (χ4v) is 1.55. The van der Waals surface area contributed by atoms with Gasteiger partial charge in [-0.1, -0.05) is 12.1 Å². The first-order chi connectivity index (χ1) is 9.10. The van der Waals surface area contributed by atoms with Crippen LogP contribution in [0.1, 0.15) is 29.6 Å². The molecule has 0 bridgehead atoms. The van der Waals surface area contributed by atoms with Crippen LogP contribution in [0.25, 0.3) is 0 Å². The molecule has 2 rings (SSSR count). The van der Waals surface area contributed by atoms with Crippen molar-refractivity contribution in [3.63, 3.8) is 0 Å². The Hall–Kier alpha value is -2.44. The molecule has 0 radical (unpaired) electrons. The van der Waals surface area contributed by atoms with Gasteiger partial charge < -0.3 is 9.84 Å². The van der Waals surface area contributed by atoms with Crippen LogP contribution in [0.4, 0.5) is 5.82 Å². The largest absolute Gasteiger partial charge is 0.360 e. The van der Waals surface area contributed by atoms with E-state index >= 15 is 0 Å². The minimum absolute atomic E-state index is 0.161. The Kier molecular flexibility index (Phi) is 3.74. The molecule has 2 heterocycles. The van der Waals surface area contributed by atoms with Crippen LogP contribution in [0.15, 0.2) is 27.5 Å². The standard InChI is InChI=1S/C12H14N4O3/c1-3-6-16-11(17)5-4-9(14-16)12(18)13-10-7-8(2)19-15-10/h4-5,7H,3,6H2,1-2H3,(H,13,15,18). The van der Waals surface area contributed by atoms with Gasteiger partial charge >= 0.3 is 0 Å². The highest BCUT2D eigenvalue weighted by Crippen LogP contribution is 2.08. The third kappa shape index (κ3) is 3.06. The van der Waals surface area contributed by atoms with Crippen LogP contribution in [0.5, 0.6) is 0 Å². The average molecular weight is 262 g/mol. The number of amides is 1. The summed E-state index contributed by atoms with van der Waals surface area (Å²) in [5.74, 6) is 0.481. The Morgan fingerprint density at radius 2 is 2.26 bits per heavy atom. The van der Waals surface area contributed by atoms with Crippen LogP contribution in [-0.4, -0.2) is 20.8 Å². The topological polar surface area (TPSA) is 90.0 Å². The molecular formula is C12H14N4O3. The van der Waals surface area contributed by atoms with Crippen molar-refractivity contribution in [2.75, 3.05) is 5.32 Å². The summed E-state index contributed by atoms with van der Waals surface area (Å²) >= 11 is 0. The minimum Gasteiger partial charge on any atom is -0.360 e. The molecule has 0 atom stereocenters. The van der Waals surface area contributed by atoms with Crippen molar-refractivity contribution in [2.24, 2.45) is 0 Å². The smallest absolute Gasteiger partial charge is 0.277 e. The molecule has 0 aromatic carbocycles. The molecule has 100 valence electrons. The van der Waals surface area contributed by atoms with E-state index in [1.165, 1.54) is 16.8 Å². The van der Waals surface area contributed by atoms with Gasteiger partial charge in [0.25, 0.3) is 11.5 Å². The van der Waals surface area contributed by atoms with Gasteiger partial charge in [0, 0.05) is 18.7 Å². The molecule has 0 aliphatic heterocycles. The maximum Gasteiger partial charge on any atom is 0.277 e. The lowest BCUT2D eigenvalue weighted by atomic mass is 10.3. The molecular weight excluding hydrogens is 248 g/mol. The zero-order valence-electron chi connectivity index (χ0n) is 10.7. The highest BCUT2D eigenvalue weighted by atomic mass is 16.5. The normalized spacial score (nSPS) is 10.4. The summed E-state index contributed by atoms with van der Waals surface area (Å²) in [5, 5.41) is 10.2. The van der Waals surface area contributed by atoms with Crippen molar-refractivity contribution < 1.29 is 9.32 Å². The molecule has 0 spiro atoms. The van der Waals surface area contributed by atoms with E-state index in [1.54, 1.807) is 13.0 Å². The number of carbonyl (C=O) groups is 1. The van der Waals surface area contributed by atoms with Crippen molar-refractivity contribution in [3.8, 4) is 0 Å². The van der Waals surface area contributed by atoms with Crippen LogP contribution in [0, 0.1) is 6.92 Å². The fourth-order valence-electron chi connectivity index (χ4n) is 1.55. The van der Waals surface area contributed by atoms with E-state index in [2.05, 4.69) is 15.6 Å². The van der Waals surface area contributed by atoms with E-state index in [0.29, 0.717) is 18.1 Å². The second-order valence-corrected chi connectivity index (χ2v) is 4.06. The van der Waals surface area contributed by atoms with Crippen LogP contribution in [0.2, 0.25) is 0 Å². The summed E-state index contributed by atoms with van der Waals surface area (Å²) in [6, 6.07) is 4.31. The quantitative estimate of drug-likeness (QED) is 0.894. The summed E-state index contributed by atoms with van der Waals surface area (Å²) < 4.78 is 6.11. The summed E-state index contributed by atoms with van der Waals surface area (Å²) in [7, 11) is 0. The van der Waals surface area contributed by atoms with Gasteiger partial charge in [-0.25, -0.2) is 4.68 Å². The van der Waals surface area contributed by atoms with E-state index in [0.717, 1.165) is 6.42 Å². The van der Waals surface area contributed by atoms with Crippen molar-refractivity contribution >= 4 is 11.7 Å². The maximum atomic E-state index is 11.9. The lowest BCUT2D eigenvalue weighted by molar-refractivity contribution is 0.101.